The second kappa shape index (κ2) is 4.89. The molecule has 0 bridgehead atoms. The van der Waals surface area contributed by atoms with Gasteiger partial charge in [0, 0.05) is 0 Å². The van der Waals surface area contributed by atoms with Crippen LogP contribution in [0.1, 0.15) is 17.8 Å². The molecule has 0 unspecified atom stereocenters. The van der Waals surface area contributed by atoms with E-state index < -0.39 is 12.1 Å². The summed E-state index contributed by atoms with van der Waals surface area (Å²) in [6.07, 6.45) is -2.84. The van der Waals surface area contributed by atoms with Crippen LogP contribution >= 0.6 is 11.6 Å². The number of nitrogens with zero attached hydrogens (tertiary/aromatic N) is 2. The van der Waals surface area contributed by atoms with Gasteiger partial charge < -0.3 is 4.74 Å². The van der Waals surface area contributed by atoms with Crippen LogP contribution in [0, 0.1) is 11.3 Å². The first-order valence-corrected chi connectivity index (χ1v) is 4.36. The summed E-state index contributed by atoms with van der Waals surface area (Å²) < 4.78 is 29.6. The summed E-state index contributed by atoms with van der Waals surface area (Å²) in [5.74, 6) is 0.169. The smallest absolute Gasteiger partial charge is 0.280 e. The van der Waals surface area contributed by atoms with E-state index in [1.165, 1.54) is 7.11 Å². The minimum absolute atomic E-state index is 0.0352. The maximum atomic E-state index is 12.4. The third-order valence-corrected chi connectivity index (χ3v) is 1.97. The maximum Gasteiger partial charge on any atom is 0.280 e. The third-order valence-electron chi connectivity index (χ3n) is 1.69. The van der Waals surface area contributed by atoms with Gasteiger partial charge in [0.15, 0.2) is 5.75 Å². The molecular weight excluding hydrogens is 226 g/mol. The first-order valence-electron chi connectivity index (χ1n) is 3.98. The van der Waals surface area contributed by atoms with Gasteiger partial charge in [-0.25, -0.2) is 13.8 Å². The maximum absolute atomic E-state index is 12.4. The summed E-state index contributed by atoms with van der Waals surface area (Å²) >= 11 is 5.71. The standard InChI is InChI=1S/C9H7ClF2N2O/c1-15-8-5(10)4-7(9(11)12)14-6(8)2-3-13/h4,9H,2H2,1H3. The Balaban J connectivity index is 3.26. The number of hydrogen-bond donors (Lipinski definition) is 0. The van der Waals surface area contributed by atoms with E-state index in [1.807, 2.05) is 0 Å². The van der Waals surface area contributed by atoms with Crippen molar-refractivity contribution in [2.45, 2.75) is 12.8 Å². The number of ether oxygens (including phenoxy) is 1. The van der Waals surface area contributed by atoms with Crippen molar-refractivity contribution in [3.05, 3.63) is 22.5 Å². The summed E-state index contributed by atoms with van der Waals surface area (Å²) in [6.45, 7) is 0. The van der Waals surface area contributed by atoms with Crippen molar-refractivity contribution in [3.63, 3.8) is 0 Å². The highest BCUT2D eigenvalue weighted by Gasteiger charge is 2.16. The molecule has 0 saturated heterocycles. The summed E-state index contributed by atoms with van der Waals surface area (Å²) in [4.78, 5) is 3.61. The number of pyridine rings is 1. The van der Waals surface area contributed by atoms with Crippen molar-refractivity contribution in [2.24, 2.45) is 0 Å². The molecule has 1 heterocycles. The Morgan fingerprint density at radius 3 is 2.80 bits per heavy atom. The van der Waals surface area contributed by atoms with Gasteiger partial charge in [0.25, 0.3) is 6.43 Å². The van der Waals surface area contributed by atoms with E-state index in [1.54, 1.807) is 6.07 Å². The number of alkyl halides is 2. The molecule has 0 aliphatic carbocycles. The van der Waals surface area contributed by atoms with Gasteiger partial charge in [-0.05, 0) is 6.07 Å². The van der Waals surface area contributed by atoms with Crippen molar-refractivity contribution in [1.29, 1.82) is 5.26 Å². The zero-order chi connectivity index (χ0) is 11.4. The number of rotatable bonds is 3. The lowest BCUT2D eigenvalue weighted by atomic mass is 10.2. The van der Waals surface area contributed by atoms with E-state index in [9.17, 15) is 8.78 Å². The van der Waals surface area contributed by atoms with Crippen LogP contribution in [0.5, 0.6) is 5.75 Å². The van der Waals surface area contributed by atoms with Gasteiger partial charge in [-0.3, -0.25) is 0 Å². The van der Waals surface area contributed by atoms with Crippen molar-refractivity contribution in [3.8, 4) is 11.8 Å². The lowest BCUT2D eigenvalue weighted by molar-refractivity contribution is 0.145. The molecule has 0 atom stereocenters. The average molecular weight is 233 g/mol. The molecule has 0 aromatic carbocycles. The van der Waals surface area contributed by atoms with Gasteiger partial charge in [-0.15, -0.1) is 0 Å². The highest BCUT2D eigenvalue weighted by atomic mass is 35.5. The number of methoxy groups -OCH3 is 1. The van der Waals surface area contributed by atoms with Crippen LogP contribution in [0.4, 0.5) is 8.78 Å². The Labute approximate surface area is 90.3 Å². The number of hydrogen-bond acceptors (Lipinski definition) is 3. The average Bonchev–Trinajstić information content (AvgIpc) is 2.17. The van der Waals surface area contributed by atoms with Gasteiger partial charge >= 0.3 is 0 Å². The molecule has 3 nitrogen and oxygen atoms in total. The molecule has 1 rings (SSSR count). The van der Waals surface area contributed by atoms with E-state index >= 15 is 0 Å². The molecule has 0 spiro atoms. The molecule has 0 saturated carbocycles. The zero-order valence-corrected chi connectivity index (χ0v) is 8.55. The highest BCUT2D eigenvalue weighted by Crippen LogP contribution is 2.31. The van der Waals surface area contributed by atoms with Crippen LogP contribution in [0.15, 0.2) is 6.07 Å². The highest BCUT2D eigenvalue weighted by molar-refractivity contribution is 6.32. The SMILES string of the molecule is COc1c(Cl)cc(C(F)F)nc1CC#N. The summed E-state index contributed by atoms with van der Waals surface area (Å²) in [5.41, 5.74) is -0.325. The summed E-state index contributed by atoms with van der Waals surface area (Å²) in [7, 11) is 1.34. The lowest BCUT2D eigenvalue weighted by Crippen LogP contribution is -2.00. The molecule has 0 aliphatic heterocycles. The number of aromatic nitrogens is 1. The van der Waals surface area contributed by atoms with E-state index in [0.717, 1.165) is 6.07 Å². The second-order valence-corrected chi connectivity index (χ2v) is 3.05. The summed E-state index contributed by atoms with van der Waals surface area (Å²) in [5, 5.41) is 8.52. The van der Waals surface area contributed by atoms with Crippen molar-refractivity contribution >= 4 is 11.6 Å². The largest absolute Gasteiger partial charge is 0.493 e. The fourth-order valence-corrected chi connectivity index (χ4v) is 1.39. The van der Waals surface area contributed by atoms with Crippen LogP contribution in [-0.2, 0) is 6.42 Å². The molecule has 15 heavy (non-hydrogen) atoms. The van der Waals surface area contributed by atoms with E-state index in [2.05, 4.69) is 4.98 Å². The Morgan fingerprint density at radius 2 is 2.33 bits per heavy atom. The minimum Gasteiger partial charge on any atom is -0.493 e. The Hall–Kier alpha value is -1.41. The normalized spacial score (nSPS) is 10.1. The van der Waals surface area contributed by atoms with E-state index in [0.29, 0.717) is 0 Å². The van der Waals surface area contributed by atoms with Crippen LogP contribution in [-0.4, -0.2) is 12.1 Å². The molecule has 0 aliphatic rings. The topological polar surface area (TPSA) is 45.9 Å². The monoisotopic (exact) mass is 232 g/mol. The van der Waals surface area contributed by atoms with E-state index in [4.69, 9.17) is 21.6 Å². The molecular formula is C9H7ClF2N2O. The molecule has 6 heteroatoms. The number of nitriles is 1. The quantitative estimate of drug-likeness (QED) is 0.805. The molecule has 0 fully saturated rings. The van der Waals surface area contributed by atoms with Gasteiger partial charge in [0.2, 0.25) is 0 Å². The van der Waals surface area contributed by atoms with E-state index in [-0.39, 0.29) is 22.9 Å². The fraction of sp³-hybridized carbons (Fsp3) is 0.333. The van der Waals surface area contributed by atoms with Gasteiger partial charge in [0.1, 0.15) is 5.69 Å². The molecule has 0 radical (unpaired) electrons. The van der Waals surface area contributed by atoms with Crippen molar-refractivity contribution in [1.82, 2.24) is 4.98 Å². The van der Waals surface area contributed by atoms with Crippen LogP contribution < -0.4 is 4.74 Å². The molecule has 0 N–H and O–H groups in total. The minimum atomic E-state index is -2.72. The molecule has 80 valence electrons. The lowest BCUT2D eigenvalue weighted by Gasteiger charge is -2.09. The van der Waals surface area contributed by atoms with Crippen molar-refractivity contribution in [2.75, 3.05) is 7.11 Å². The zero-order valence-electron chi connectivity index (χ0n) is 7.80. The third kappa shape index (κ3) is 2.54. The predicted octanol–water partition coefficient (Wildman–Crippen LogP) is 2.75. The second-order valence-electron chi connectivity index (χ2n) is 2.64. The van der Waals surface area contributed by atoms with Gasteiger partial charge in [0.05, 0.1) is 30.3 Å². The van der Waals surface area contributed by atoms with Crippen LogP contribution in [0.25, 0.3) is 0 Å². The van der Waals surface area contributed by atoms with Crippen molar-refractivity contribution < 1.29 is 13.5 Å². The van der Waals surface area contributed by atoms with Gasteiger partial charge in [-0.1, -0.05) is 11.6 Å². The van der Waals surface area contributed by atoms with Crippen LogP contribution in [0.2, 0.25) is 5.02 Å². The molecule has 0 amide bonds. The molecule has 1 aromatic rings. The fourth-order valence-electron chi connectivity index (χ4n) is 1.09. The Bertz CT molecular complexity index is 404. The first kappa shape index (κ1) is 11.7. The Kier molecular flexibility index (Phi) is 3.81. The predicted molar refractivity (Wildman–Crippen MR) is 50.1 cm³/mol. The summed E-state index contributed by atoms with van der Waals surface area (Å²) in [6, 6.07) is 2.84. The first-order chi connectivity index (χ1) is 7.10. The van der Waals surface area contributed by atoms with Crippen LogP contribution in [0.3, 0.4) is 0 Å². The van der Waals surface area contributed by atoms with Gasteiger partial charge in [-0.2, -0.15) is 5.26 Å². The number of halogens is 3. The molecule has 1 aromatic heterocycles. The Morgan fingerprint density at radius 1 is 1.67 bits per heavy atom.